The molecule has 0 aromatic carbocycles. The van der Waals surface area contributed by atoms with Crippen LogP contribution in [0.3, 0.4) is 0 Å². The van der Waals surface area contributed by atoms with Gasteiger partial charge in [0.05, 0.1) is 0 Å². The van der Waals surface area contributed by atoms with E-state index in [1.54, 1.807) is 6.20 Å². The Morgan fingerprint density at radius 2 is 2.35 bits per heavy atom. The lowest BCUT2D eigenvalue weighted by Gasteiger charge is -2.14. The molecule has 17 heavy (non-hydrogen) atoms. The maximum Gasteiger partial charge on any atom is 0.147 e. The molecule has 1 aromatic rings. The minimum Gasteiger partial charge on any atom is -0.387 e. The quantitative estimate of drug-likeness (QED) is 0.640. The molecule has 1 saturated carbocycles. The number of nitrogens with zero attached hydrogens (tertiary/aromatic N) is 1. The van der Waals surface area contributed by atoms with E-state index in [1.165, 1.54) is 12.8 Å². The molecule has 1 heterocycles. The van der Waals surface area contributed by atoms with E-state index in [4.69, 9.17) is 5.73 Å². The highest BCUT2D eigenvalue weighted by Gasteiger charge is 2.21. The zero-order chi connectivity index (χ0) is 12.7. The number of hydrogen-bond donors (Lipinski definition) is 4. The summed E-state index contributed by atoms with van der Waals surface area (Å²) in [5, 5.41) is 12.7. The predicted octanol–water partition coefficient (Wildman–Crippen LogP) is 1.36. The van der Waals surface area contributed by atoms with Crippen LogP contribution in [0.2, 0.25) is 0 Å². The molecule has 2 unspecified atom stereocenters. The Morgan fingerprint density at radius 3 is 2.71 bits per heavy atom. The molecule has 5 N–H and O–H groups in total. The van der Waals surface area contributed by atoms with Gasteiger partial charge in [0.25, 0.3) is 0 Å². The van der Waals surface area contributed by atoms with Crippen molar-refractivity contribution < 1.29 is 0 Å². The molecule has 96 valence electrons. The van der Waals surface area contributed by atoms with E-state index < -0.39 is 0 Å². The van der Waals surface area contributed by atoms with Crippen LogP contribution in [-0.2, 0) is 0 Å². The Balaban J connectivity index is 0.000000171. The minimum atomic E-state index is 0.350. The van der Waals surface area contributed by atoms with Gasteiger partial charge in [0, 0.05) is 30.9 Å². The van der Waals surface area contributed by atoms with Gasteiger partial charge in [-0.2, -0.15) is 5.10 Å². The molecule has 1 aromatic heterocycles. The highest BCUT2D eigenvalue weighted by atomic mass is 15.2. The van der Waals surface area contributed by atoms with Gasteiger partial charge >= 0.3 is 0 Å². The Kier molecular flexibility index (Phi) is 5.56. The minimum absolute atomic E-state index is 0.350. The molecule has 0 saturated heterocycles. The number of aryl methyl sites for hydroxylation is 1. The van der Waals surface area contributed by atoms with Crippen molar-refractivity contribution in [2.75, 3.05) is 12.4 Å². The van der Waals surface area contributed by atoms with Crippen molar-refractivity contribution in [3.8, 4) is 0 Å². The van der Waals surface area contributed by atoms with Gasteiger partial charge in [-0.05, 0) is 32.4 Å². The van der Waals surface area contributed by atoms with Crippen LogP contribution in [-0.4, -0.2) is 29.3 Å². The molecule has 5 nitrogen and oxygen atoms in total. The van der Waals surface area contributed by atoms with Gasteiger partial charge in [-0.3, -0.25) is 5.10 Å². The molecule has 0 radical (unpaired) electrons. The van der Waals surface area contributed by atoms with Crippen molar-refractivity contribution in [1.82, 2.24) is 15.5 Å². The molecule has 0 aliphatic heterocycles. The van der Waals surface area contributed by atoms with Gasteiger partial charge in [-0.15, -0.1) is 0 Å². The smallest absolute Gasteiger partial charge is 0.147 e. The maximum atomic E-state index is 5.75. The van der Waals surface area contributed by atoms with Crippen molar-refractivity contribution in [1.29, 1.82) is 0 Å². The van der Waals surface area contributed by atoms with Crippen LogP contribution in [0.5, 0.6) is 0 Å². The second-order valence-electron chi connectivity index (χ2n) is 4.26. The third kappa shape index (κ3) is 4.48. The fourth-order valence-corrected chi connectivity index (χ4v) is 1.89. The summed E-state index contributed by atoms with van der Waals surface area (Å²) in [6.07, 6.45) is 5.35. The van der Waals surface area contributed by atoms with E-state index in [1.807, 2.05) is 20.0 Å². The van der Waals surface area contributed by atoms with Crippen LogP contribution in [0.25, 0.3) is 0 Å². The molecule has 1 aliphatic carbocycles. The standard InChI is InChI=1S/C7H14N2.C5H9N3/c1-2-9-7-5-3-4-6(7)8;1-4-3-5(6-2)8-7-4/h2,6-7,9H,1,3-5,8H2;3H,1-2H3,(H2,6,7,8). The summed E-state index contributed by atoms with van der Waals surface area (Å²) in [5.41, 5.74) is 6.83. The Morgan fingerprint density at radius 1 is 1.59 bits per heavy atom. The summed E-state index contributed by atoms with van der Waals surface area (Å²) in [6.45, 7) is 5.56. The molecule has 0 spiro atoms. The van der Waals surface area contributed by atoms with Gasteiger partial charge in [-0.25, -0.2) is 0 Å². The molecular formula is C12H23N5. The number of nitrogens with one attached hydrogen (secondary N) is 3. The Labute approximate surface area is 103 Å². The molecule has 1 aliphatic rings. The van der Waals surface area contributed by atoms with E-state index in [0.29, 0.717) is 12.1 Å². The van der Waals surface area contributed by atoms with Crippen LogP contribution >= 0.6 is 0 Å². The zero-order valence-electron chi connectivity index (χ0n) is 10.7. The van der Waals surface area contributed by atoms with Crippen molar-refractivity contribution >= 4 is 5.82 Å². The second kappa shape index (κ2) is 6.96. The van der Waals surface area contributed by atoms with Gasteiger partial charge in [-0.1, -0.05) is 6.58 Å². The lowest BCUT2D eigenvalue weighted by molar-refractivity contribution is 0.537. The molecule has 0 bridgehead atoms. The summed E-state index contributed by atoms with van der Waals surface area (Å²) in [5.74, 6) is 0.891. The van der Waals surface area contributed by atoms with Crippen molar-refractivity contribution in [2.24, 2.45) is 5.73 Å². The number of rotatable bonds is 3. The summed E-state index contributed by atoms with van der Waals surface area (Å²) in [6, 6.07) is 2.78. The lowest BCUT2D eigenvalue weighted by atomic mass is 10.2. The topological polar surface area (TPSA) is 78.8 Å². The number of H-pyrrole nitrogens is 1. The molecular weight excluding hydrogens is 214 g/mol. The average Bonchev–Trinajstić information content (AvgIpc) is 2.90. The highest BCUT2D eigenvalue weighted by molar-refractivity contribution is 5.33. The summed E-state index contributed by atoms with van der Waals surface area (Å²) < 4.78 is 0. The zero-order valence-corrected chi connectivity index (χ0v) is 10.7. The van der Waals surface area contributed by atoms with E-state index in [2.05, 4.69) is 27.4 Å². The number of nitrogens with two attached hydrogens (primary N) is 1. The van der Waals surface area contributed by atoms with Crippen LogP contribution in [0.1, 0.15) is 25.0 Å². The lowest BCUT2D eigenvalue weighted by Crippen LogP contribution is -2.37. The number of aromatic nitrogens is 2. The average molecular weight is 237 g/mol. The molecule has 0 amide bonds. The van der Waals surface area contributed by atoms with Gasteiger partial charge in [0.2, 0.25) is 0 Å². The van der Waals surface area contributed by atoms with Crippen LogP contribution in [0.15, 0.2) is 18.8 Å². The van der Waals surface area contributed by atoms with Crippen LogP contribution < -0.4 is 16.4 Å². The molecule has 5 heteroatoms. The van der Waals surface area contributed by atoms with Crippen molar-refractivity contribution in [3.63, 3.8) is 0 Å². The predicted molar refractivity (Wildman–Crippen MR) is 71.8 cm³/mol. The first kappa shape index (κ1) is 13.6. The van der Waals surface area contributed by atoms with Crippen molar-refractivity contribution in [3.05, 3.63) is 24.5 Å². The Bertz CT molecular complexity index is 333. The van der Waals surface area contributed by atoms with E-state index in [9.17, 15) is 0 Å². The summed E-state index contributed by atoms with van der Waals surface area (Å²) in [7, 11) is 1.84. The second-order valence-corrected chi connectivity index (χ2v) is 4.26. The Hall–Kier alpha value is -1.49. The fourth-order valence-electron chi connectivity index (χ4n) is 1.89. The summed E-state index contributed by atoms with van der Waals surface area (Å²) >= 11 is 0. The monoisotopic (exact) mass is 237 g/mol. The molecule has 2 atom stereocenters. The van der Waals surface area contributed by atoms with Crippen LogP contribution in [0, 0.1) is 6.92 Å². The number of hydrogen-bond acceptors (Lipinski definition) is 4. The third-order valence-corrected chi connectivity index (χ3v) is 2.86. The first-order valence-electron chi connectivity index (χ1n) is 5.99. The van der Waals surface area contributed by atoms with E-state index in [-0.39, 0.29) is 0 Å². The van der Waals surface area contributed by atoms with Crippen molar-refractivity contribution in [2.45, 2.75) is 38.3 Å². The van der Waals surface area contributed by atoms with E-state index in [0.717, 1.165) is 17.9 Å². The van der Waals surface area contributed by atoms with Gasteiger partial charge in [0.1, 0.15) is 5.82 Å². The first-order valence-corrected chi connectivity index (χ1v) is 5.99. The first-order chi connectivity index (χ1) is 8.17. The molecule has 2 rings (SSSR count). The SMILES string of the molecule is C=CNC1CCCC1N.CNc1cc(C)[nH]n1. The third-order valence-electron chi connectivity index (χ3n) is 2.86. The van der Waals surface area contributed by atoms with Crippen LogP contribution in [0.4, 0.5) is 5.82 Å². The molecule has 1 fully saturated rings. The summed E-state index contributed by atoms with van der Waals surface area (Å²) in [4.78, 5) is 0. The number of anilines is 1. The van der Waals surface area contributed by atoms with Gasteiger partial charge in [0.15, 0.2) is 0 Å². The number of aromatic amines is 1. The normalized spacial score (nSPS) is 22.5. The van der Waals surface area contributed by atoms with E-state index >= 15 is 0 Å². The van der Waals surface area contributed by atoms with Gasteiger partial charge < -0.3 is 16.4 Å². The fraction of sp³-hybridized carbons (Fsp3) is 0.583. The highest BCUT2D eigenvalue weighted by Crippen LogP contribution is 2.16. The largest absolute Gasteiger partial charge is 0.387 e. The maximum absolute atomic E-state index is 5.75.